The second kappa shape index (κ2) is 21.0. The normalized spacial score (nSPS) is 14.4. The maximum atomic E-state index is 13.2. The van der Waals surface area contributed by atoms with Crippen LogP contribution in [0.3, 0.4) is 0 Å². The highest BCUT2D eigenvalue weighted by atomic mass is 16.6. The third-order valence-corrected chi connectivity index (χ3v) is 7.64. The molecule has 3 amide bonds. The lowest BCUT2D eigenvalue weighted by atomic mass is 9.82. The Kier molecular flexibility index (Phi) is 18.7. The molecule has 258 valence electrons. The highest BCUT2D eigenvalue weighted by Gasteiger charge is 2.33. The average Bonchev–Trinajstić information content (AvgIpc) is 2.95. The maximum Gasteiger partial charge on any atom is 0.407 e. The molecule has 1 aromatic heterocycles. The standard InChI is InChI=1S/C34H60N4O7/c1-10-11-16-36-31(40)26(24(4)5)21-28(39)27(38-33(42)45-34(6,7)8)20-25(23(2)3)22-37-32(41)30-29(15-14-17-35-30)44-19-13-12-18-43-9/h14-15,17,23-28,39H,10-13,16,18-22H2,1-9H3,(H,36,40)(H,37,41)(H,38,42). The van der Waals surface area contributed by atoms with E-state index in [4.69, 9.17) is 14.2 Å². The Morgan fingerprint density at radius 1 is 0.978 bits per heavy atom. The van der Waals surface area contributed by atoms with Crippen molar-refractivity contribution in [2.24, 2.45) is 23.7 Å². The summed E-state index contributed by atoms with van der Waals surface area (Å²) in [5.74, 6) is -0.541. The molecule has 0 aliphatic heterocycles. The van der Waals surface area contributed by atoms with Crippen LogP contribution < -0.4 is 20.7 Å². The van der Waals surface area contributed by atoms with Crippen LogP contribution in [0.25, 0.3) is 0 Å². The Morgan fingerprint density at radius 3 is 2.27 bits per heavy atom. The number of carbonyl (C=O) groups excluding carboxylic acids is 3. The number of hydrogen-bond donors (Lipinski definition) is 4. The van der Waals surface area contributed by atoms with Gasteiger partial charge in [0.05, 0.1) is 18.8 Å². The van der Waals surface area contributed by atoms with Crippen molar-refractivity contribution in [3.05, 3.63) is 24.0 Å². The summed E-state index contributed by atoms with van der Waals surface area (Å²) in [6.07, 6.45) is 3.88. The minimum Gasteiger partial charge on any atom is -0.491 e. The number of aromatic nitrogens is 1. The molecular formula is C34H60N4O7. The molecule has 11 nitrogen and oxygen atoms in total. The van der Waals surface area contributed by atoms with Gasteiger partial charge in [0, 0.05) is 38.9 Å². The van der Waals surface area contributed by atoms with Crippen LogP contribution in [0.4, 0.5) is 4.79 Å². The van der Waals surface area contributed by atoms with Crippen molar-refractivity contribution in [2.45, 2.75) is 112 Å². The minimum atomic E-state index is -1.02. The summed E-state index contributed by atoms with van der Waals surface area (Å²) < 4.78 is 16.4. The summed E-state index contributed by atoms with van der Waals surface area (Å²) >= 11 is 0. The Morgan fingerprint density at radius 2 is 1.67 bits per heavy atom. The number of aliphatic hydroxyl groups excluding tert-OH is 1. The lowest BCUT2D eigenvalue weighted by Crippen LogP contribution is -2.49. The SMILES string of the molecule is CCCCNC(=O)C(CC(O)C(CC(CNC(=O)c1ncccc1OCCCCOC)C(C)C)NC(=O)OC(C)(C)C)C(C)C. The van der Waals surface area contributed by atoms with Gasteiger partial charge < -0.3 is 35.3 Å². The van der Waals surface area contributed by atoms with E-state index in [0.717, 1.165) is 25.7 Å². The average molecular weight is 637 g/mol. The van der Waals surface area contributed by atoms with E-state index in [0.29, 0.717) is 31.9 Å². The number of aliphatic hydroxyl groups is 1. The number of methoxy groups -OCH3 is 1. The molecule has 4 N–H and O–H groups in total. The van der Waals surface area contributed by atoms with Crippen molar-refractivity contribution in [3.8, 4) is 5.75 Å². The van der Waals surface area contributed by atoms with E-state index in [1.54, 1.807) is 46.2 Å². The van der Waals surface area contributed by atoms with Crippen LogP contribution in [-0.2, 0) is 14.3 Å². The van der Waals surface area contributed by atoms with E-state index in [9.17, 15) is 19.5 Å². The molecule has 0 saturated carbocycles. The van der Waals surface area contributed by atoms with Gasteiger partial charge in [-0.25, -0.2) is 9.78 Å². The van der Waals surface area contributed by atoms with Gasteiger partial charge in [-0.15, -0.1) is 0 Å². The highest BCUT2D eigenvalue weighted by Crippen LogP contribution is 2.25. The molecule has 0 spiro atoms. The molecule has 0 bridgehead atoms. The highest BCUT2D eigenvalue weighted by molar-refractivity contribution is 5.94. The molecule has 1 rings (SSSR count). The van der Waals surface area contributed by atoms with Crippen molar-refractivity contribution in [3.63, 3.8) is 0 Å². The summed E-state index contributed by atoms with van der Waals surface area (Å²) in [6, 6.07) is 2.73. The number of nitrogens with one attached hydrogen (secondary N) is 3. The van der Waals surface area contributed by atoms with Gasteiger partial charge in [0.15, 0.2) is 11.4 Å². The number of alkyl carbamates (subject to hydrolysis) is 1. The largest absolute Gasteiger partial charge is 0.491 e. The number of pyridine rings is 1. The van der Waals surface area contributed by atoms with Crippen LogP contribution in [0.5, 0.6) is 5.75 Å². The minimum absolute atomic E-state index is 0.0154. The predicted octanol–water partition coefficient (Wildman–Crippen LogP) is 5.11. The van der Waals surface area contributed by atoms with Crippen LogP contribution in [-0.4, -0.2) is 79.2 Å². The zero-order chi connectivity index (χ0) is 34.0. The van der Waals surface area contributed by atoms with Crippen molar-refractivity contribution < 1.29 is 33.7 Å². The van der Waals surface area contributed by atoms with E-state index in [2.05, 4.69) is 27.9 Å². The van der Waals surface area contributed by atoms with Gasteiger partial charge in [-0.1, -0.05) is 41.0 Å². The van der Waals surface area contributed by atoms with Gasteiger partial charge in [-0.2, -0.15) is 0 Å². The van der Waals surface area contributed by atoms with E-state index >= 15 is 0 Å². The molecule has 0 aromatic carbocycles. The molecule has 0 fully saturated rings. The fraction of sp³-hybridized carbons (Fsp3) is 0.765. The van der Waals surface area contributed by atoms with Crippen LogP contribution in [0.2, 0.25) is 0 Å². The predicted molar refractivity (Wildman–Crippen MR) is 176 cm³/mol. The van der Waals surface area contributed by atoms with E-state index in [-0.39, 0.29) is 48.2 Å². The van der Waals surface area contributed by atoms with Crippen LogP contribution >= 0.6 is 0 Å². The summed E-state index contributed by atoms with van der Waals surface area (Å²) in [5.41, 5.74) is -0.527. The summed E-state index contributed by atoms with van der Waals surface area (Å²) in [5, 5.41) is 20.3. The molecule has 4 atom stereocenters. The Bertz CT molecular complexity index is 1010. The van der Waals surface area contributed by atoms with E-state index < -0.39 is 29.8 Å². The first kappa shape index (κ1) is 40.1. The molecule has 0 aliphatic carbocycles. The molecular weight excluding hydrogens is 576 g/mol. The molecule has 1 aromatic rings. The fourth-order valence-corrected chi connectivity index (χ4v) is 4.83. The molecule has 0 saturated heterocycles. The lowest BCUT2D eigenvalue weighted by Gasteiger charge is -2.33. The van der Waals surface area contributed by atoms with E-state index in [1.165, 1.54) is 0 Å². The van der Waals surface area contributed by atoms with Gasteiger partial charge in [0.25, 0.3) is 5.91 Å². The number of nitrogens with zero attached hydrogens (tertiary/aromatic N) is 1. The molecule has 4 unspecified atom stereocenters. The van der Waals surface area contributed by atoms with Gasteiger partial charge >= 0.3 is 6.09 Å². The first-order valence-electron chi connectivity index (χ1n) is 16.5. The monoisotopic (exact) mass is 636 g/mol. The van der Waals surface area contributed by atoms with Gasteiger partial charge in [0.1, 0.15) is 5.60 Å². The Balaban J connectivity index is 3.07. The lowest BCUT2D eigenvalue weighted by molar-refractivity contribution is -0.127. The summed E-state index contributed by atoms with van der Waals surface area (Å²) in [7, 11) is 1.65. The topological polar surface area (TPSA) is 148 Å². The number of carbonyl (C=O) groups is 3. The first-order valence-corrected chi connectivity index (χ1v) is 16.5. The second-order valence-corrected chi connectivity index (χ2v) is 13.4. The van der Waals surface area contributed by atoms with E-state index in [1.807, 2.05) is 27.7 Å². The smallest absolute Gasteiger partial charge is 0.407 e. The number of rotatable bonds is 21. The van der Waals surface area contributed by atoms with Crippen LogP contribution in [0.15, 0.2) is 18.3 Å². The van der Waals surface area contributed by atoms with Gasteiger partial charge in [-0.05, 0) is 82.8 Å². The van der Waals surface area contributed by atoms with Gasteiger partial charge in [-0.3, -0.25) is 9.59 Å². The fourth-order valence-electron chi connectivity index (χ4n) is 4.83. The zero-order valence-corrected chi connectivity index (χ0v) is 29.1. The Hall–Kier alpha value is -2.92. The number of ether oxygens (including phenoxy) is 3. The molecule has 0 radical (unpaired) electrons. The van der Waals surface area contributed by atoms with Gasteiger partial charge in [0.2, 0.25) is 5.91 Å². The third kappa shape index (κ3) is 16.3. The van der Waals surface area contributed by atoms with Crippen LogP contribution in [0, 0.1) is 23.7 Å². The second-order valence-electron chi connectivity index (χ2n) is 13.4. The summed E-state index contributed by atoms with van der Waals surface area (Å²) in [4.78, 5) is 43.4. The number of unbranched alkanes of at least 4 members (excludes halogenated alkanes) is 2. The molecule has 0 aliphatic rings. The maximum absolute atomic E-state index is 13.2. The first-order chi connectivity index (χ1) is 21.2. The van der Waals surface area contributed by atoms with Crippen molar-refractivity contribution in [1.29, 1.82) is 0 Å². The van der Waals surface area contributed by atoms with Crippen molar-refractivity contribution in [2.75, 3.05) is 33.4 Å². The Labute approximate surface area is 271 Å². The zero-order valence-electron chi connectivity index (χ0n) is 29.1. The van der Waals surface area contributed by atoms with Crippen LogP contribution in [0.1, 0.15) is 104 Å². The molecule has 11 heteroatoms. The van der Waals surface area contributed by atoms with Crippen molar-refractivity contribution >= 4 is 17.9 Å². The number of amides is 3. The van der Waals surface area contributed by atoms with Crippen molar-refractivity contribution in [1.82, 2.24) is 20.9 Å². The third-order valence-electron chi connectivity index (χ3n) is 7.64. The summed E-state index contributed by atoms with van der Waals surface area (Å²) in [6.45, 7) is 17.3. The molecule has 1 heterocycles. The quantitative estimate of drug-likeness (QED) is 0.136. The number of hydrogen-bond acceptors (Lipinski definition) is 8. The molecule has 45 heavy (non-hydrogen) atoms.